The second-order valence-electron chi connectivity index (χ2n) is 7.93. The normalized spacial score (nSPS) is 19.5. The van der Waals surface area contributed by atoms with Gasteiger partial charge in [0.25, 0.3) is 0 Å². The highest BCUT2D eigenvalue weighted by molar-refractivity contribution is 6.01. The number of carbonyl (C=O) groups excluding carboxylic acids is 2. The lowest BCUT2D eigenvalue weighted by Gasteiger charge is -2.37. The van der Waals surface area contributed by atoms with Crippen molar-refractivity contribution in [2.75, 3.05) is 21.3 Å². The van der Waals surface area contributed by atoms with Gasteiger partial charge in [0.05, 0.1) is 32.9 Å². The molecule has 0 radical (unpaired) electrons. The summed E-state index contributed by atoms with van der Waals surface area (Å²) in [5.74, 6) is 0.751. The SMILES string of the molecule is COC(=O)C1=C(c2cccc(OC)c2OC)C[C@@H]2CC[C@H]1N2C(=O)NCc1ccccc1. The smallest absolute Gasteiger partial charge is 0.336 e. The molecule has 2 amide bonds. The molecule has 4 rings (SSSR count). The predicted molar refractivity (Wildman–Crippen MR) is 120 cm³/mol. The number of esters is 1. The summed E-state index contributed by atoms with van der Waals surface area (Å²) in [6, 6.07) is 14.9. The van der Waals surface area contributed by atoms with Gasteiger partial charge >= 0.3 is 12.0 Å². The number of rotatable bonds is 6. The van der Waals surface area contributed by atoms with Crippen molar-refractivity contribution >= 4 is 17.6 Å². The van der Waals surface area contributed by atoms with E-state index < -0.39 is 5.97 Å². The molecule has 0 saturated carbocycles. The molecular formula is C25H28N2O5. The minimum Gasteiger partial charge on any atom is -0.493 e. The Kier molecular flexibility index (Phi) is 6.35. The first-order valence-corrected chi connectivity index (χ1v) is 10.7. The summed E-state index contributed by atoms with van der Waals surface area (Å²) in [4.78, 5) is 27.9. The number of carbonyl (C=O) groups is 2. The number of fused-ring (bicyclic) bond motifs is 2. The lowest BCUT2D eigenvalue weighted by Crippen LogP contribution is -2.50. The third kappa shape index (κ3) is 3.90. The minimum atomic E-state index is -0.420. The Hall–Kier alpha value is -3.48. The van der Waals surface area contributed by atoms with Crippen LogP contribution in [0.2, 0.25) is 0 Å². The van der Waals surface area contributed by atoms with Crippen LogP contribution in [0.5, 0.6) is 11.5 Å². The average Bonchev–Trinajstić information content (AvgIpc) is 3.15. The summed E-state index contributed by atoms with van der Waals surface area (Å²) >= 11 is 0. The quantitative estimate of drug-likeness (QED) is 0.698. The van der Waals surface area contributed by atoms with E-state index in [0.717, 1.165) is 23.1 Å². The highest BCUT2D eigenvalue weighted by Gasteiger charge is 2.47. The van der Waals surface area contributed by atoms with Crippen molar-refractivity contribution < 1.29 is 23.8 Å². The van der Waals surface area contributed by atoms with E-state index in [1.165, 1.54) is 7.11 Å². The number of methoxy groups -OCH3 is 3. The van der Waals surface area contributed by atoms with E-state index in [-0.39, 0.29) is 18.1 Å². The van der Waals surface area contributed by atoms with Crippen LogP contribution >= 0.6 is 0 Å². The molecule has 168 valence electrons. The zero-order chi connectivity index (χ0) is 22.7. The van der Waals surface area contributed by atoms with Crippen molar-refractivity contribution in [2.45, 2.75) is 37.9 Å². The van der Waals surface area contributed by atoms with Crippen LogP contribution in [0.1, 0.15) is 30.4 Å². The maximum Gasteiger partial charge on any atom is 0.336 e. The Bertz CT molecular complexity index is 1030. The molecule has 2 aliphatic rings. The number of hydrogen-bond acceptors (Lipinski definition) is 5. The highest BCUT2D eigenvalue weighted by atomic mass is 16.5. The molecule has 2 heterocycles. The molecule has 1 saturated heterocycles. The summed E-state index contributed by atoms with van der Waals surface area (Å²) < 4.78 is 16.2. The van der Waals surface area contributed by atoms with Crippen LogP contribution in [0, 0.1) is 0 Å². The first-order valence-electron chi connectivity index (χ1n) is 10.7. The summed E-state index contributed by atoms with van der Waals surface area (Å²) in [5.41, 5.74) is 3.19. The average molecular weight is 437 g/mol. The summed E-state index contributed by atoms with van der Waals surface area (Å²) in [6.45, 7) is 0.434. The molecule has 0 aromatic heterocycles. The molecule has 2 bridgehead atoms. The summed E-state index contributed by atoms with van der Waals surface area (Å²) in [6.07, 6.45) is 2.08. The molecule has 2 aromatic carbocycles. The van der Waals surface area contributed by atoms with E-state index in [4.69, 9.17) is 14.2 Å². The number of ether oxygens (including phenoxy) is 3. The zero-order valence-electron chi connectivity index (χ0n) is 18.6. The molecule has 1 N–H and O–H groups in total. The zero-order valence-corrected chi connectivity index (χ0v) is 18.6. The molecule has 2 aromatic rings. The molecular weight excluding hydrogens is 408 g/mol. The number of amides is 2. The van der Waals surface area contributed by atoms with E-state index in [0.29, 0.717) is 36.5 Å². The summed E-state index contributed by atoms with van der Waals surface area (Å²) in [7, 11) is 4.54. The third-order valence-corrected chi connectivity index (χ3v) is 6.26. The van der Waals surface area contributed by atoms with Gasteiger partial charge in [0.1, 0.15) is 0 Å². The lowest BCUT2D eigenvalue weighted by molar-refractivity contribution is -0.136. The van der Waals surface area contributed by atoms with Gasteiger partial charge in [-0.05, 0) is 36.5 Å². The monoisotopic (exact) mass is 436 g/mol. The predicted octanol–water partition coefficient (Wildman–Crippen LogP) is 3.78. The number of nitrogens with one attached hydrogen (secondary N) is 1. The van der Waals surface area contributed by atoms with Crippen LogP contribution in [0.15, 0.2) is 54.1 Å². The number of nitrogens with zero attached hydrogens (tertiary/aromatic N) is 1. The largest absolute Gasteiger partial charge is 0.493 e. The first kappa shape index (κ1) is 21.7. The standard InChI is InChI=1S/C25H28N2O5/c1-30-21-11-7-10-18(23(21)31-2)19-14-17-12-13-20(22(19)24(28)32-3)27(17)25(29)26-15-16-8-5-4-6-9-16/h4-11,17,20H,12-15H2,1-3H3,(H,26,29)/t17-,20+/m0/s1. The van der Waals surface area contributed by atoms with E-state index in [9.17, 15) is 9.59 Å². The number of hydrogen-bond donors (Lipinski definition) is 1. The van der Waals surface area contributed by atoms with Crippen molar-refractivity contribution in [3.05, 3.63) is 65.2 Å². The van der Waals surface area contributed by atoms with Gasteiger partial charge in [0.15, 0.2) is 11.5 Å². The topological polar surface area (TPSA) is 77.1 Å². The fraction of sp³-hybridized carbons (Fsp3) is 0.360. The van der Waals surface area contributed by atoms with Gasteiger partial charge in [-0.1, -0.05) is 42.5 Å². The van der Waals surface area contributed by atoms with Crippen LogP contribution in [0.4, 0.5) is 4.79 Å². The van der Waals surface area contributed by atoms with Crippen molar-refractivity contribution in [2.24, 2.45) is 0 Å². The molecule has 2 atom stereocenters. The fourth-order valence-corrected chi connectivity index (χ4v) is 4.83. The Labute approximate surface area is 188 Å². The lowest BCUT2D eigenvalue weighted by atomic mass is 9.88. The van der Waals surface area contributed by atoms with Gasteiger partial charge in [-0.25, -0.2) is 9.59 Å². The van der Waals surface area contributed by atoms with Crippen molar-refractivity contribution in [3.63, 3.8) is 0 Å². The highest BCUT2D eigenvalue weighted by Crippen LogP contribution is 2.47. The van der Waals surface area contributed by atoms with Gasteiger partial charge in [-0.3, -0.25) is 0 Å². The Balaban J connectivity index is 1.69. The minimum absolute atomic E-state index is 0.00455. The van der Waals surface area contributed by atoms with Gasteiger partial charge in [0, 0.05) is 18.2 Å². The molecule has 0 spiro atoms. The molecule has 32 heavy (non-hydrogen) atoms. The number of para-hydroxylation sites is 1. The first-order chi connectivity index (χ1) is 15.6. The van der Waals surface area contributed by atoms with Crippen LogP contribution in [0.3, 0.4) is 0 Å². The number of urea groups is 1. The third-order valence-electron chi connectivity index (χ3n) is 6.26. The maximum absolute atomic E-state index is 13.2. The van der Waals surface area contributed by atoms with E-state index in [2.05, 4.69) is 5.32 Å². The van der Waals surface area contributed by atoms with Crippen LogP contribution < -0.4 is 14.8 Å². The molecule has 0 unspecified atom stereocenters. The molecule has 7 heteroatoms. The Morgan fingerprint density at radius 2 is 1.78 bits per heavy atom. The fourth-order valence-electron chi connectivity index (χ4n) is 4.83. The Morgan fingerprint density at radius 1 is 1.00 bits per heavy atom. The van der Waals surface area contributed by atoms with E-state index in [1.54, 1.807) is 14.2 Å². The molecule has 2 aliphatic heterocycles. The summed E-state index contributed by atoms with van der Waals surface area (Å²) in [5, 5.41) is 3.01. The van der Waals surface area contributed by atoms with Gasteiger partial charge in [0.2, 0.25) is 0 Å². The van der Waals surface area contributed by atoms with Gasteiger partial charge in [-0.15, -0.1) is 0 Å². The van der Waals surface area contributed by atoms with Crippen LogP contribution in [-0.4, -0.2) is 50.3 Å². The van der Waals surface area contributed by atoms with Crippen molar-refractivity contribution in [1.29, 1.82) is 0 Å². The maximum atomic E-state index is 13.2. The van der Waals surface area contributed by atoms with Crippen molar-refractivity contribution in [3.8, 4) is 11.5 Å². The Morgan fingerprint density at radius 3 is 2.47 bits per heavy atom. The van der Waals surface area contributed by atoms with Gasteiger partial charge < -0.3 is 24.4 Å². The van der Waals surface area contributed by atoms with E-state index in [1.807, 2.05) is 53.4 Å². The second-order valence-corrected chi connectivity index (χ2v) is 7.93. The van der Waals surface area contributed by atoms with Crippen LogP contribution in [0.25, 0.3) is 5.57 Å². The molecule has 1 fully saturated rings. The second kappa shape index (κ2) is 9.34. The van der Waals surface area contributed by atoms with Gasteiger partial charge in [-0.2, -0.15) is 0 Å². The molecule has 0 aliphatic carbocycles. The number of benzene rings is 2. The van der Waals surface area contributed by atoms with Crippen LogP contribution in [-0.2, 0) is 16.1 Å². The molecule has 7 nitrogen and oxygen atoms in total. The van der Waals surface area contributed by atoms with Crippen molar-refractivity contribution in [1.82, 2.24) is 10.2 Å². The van der Waals surface area contributed by atoms with E-state index >= 15 is 0 Å².